The predicted molar refractivity (Wildman–Crippen MR) is 79.8 cm³/mol. The fraction of sp³-hybridized carbons (Fsp3) is 0.467. The number of halogens is 1. The molecule has 1 unspecified atom stereocenters. The highest BCUT2D eigenvalue weighted by molar-refractivity contribution is 9.10. The molecule has 1 atom stereocenters. The van der Waals surface area contributed by atoms with Crippen LogP contribution in [0.5, 0.6) is 0 Å². The maximum Gasteiger partial charge on any atom is 0.0492 e. The molecule has 1 N–H and O–H groups in total. The zero-order valence-corrected chi connectivity index (χ0v) is 12.3. The molecule has 1 aliphatic carbocycles. The van der Waals surface area contributed by atoms with Crippen LogP contribution in [0.25, 0.3) is 10.9 Å². The molecule has 1 saturated carbocycles. The van der Waals surface area contributed by atoms with Gasteiger partial charge in [0.2, 0.25) is 0 Å². The molecule has 2 aromatic rings. The molecule has 2 nitrogen and oxygen atoms in total. The average Bonchev–Trinajstić information content (AvgIpc) is 3.17. The van der Waals surface area contributed by atoms with Gasteiger partial charge >= 0.3 is 0 Å². The normalized spacial score (nSPS) is 17.2. The highest BCUT2D eigenvalue weighted by atomic mass is 79.9. The lowest BCUT2D eigenvalue weighted by molar-refractivity contribution is 0.478. The van der Waals surface area contributed by atoms with E-state index in [1.807, 2.05) is 0 Å². The summed E-state index contributed by atoms with van der Waals surface area (Å²) in [5.41, 5.74) is 1.31. The Morgan fingerprint density at radius 3 is 2.94 bits per heavy atom. The van der Waals surface area contributed by atoms with Gasteiger partial charge in [0.25, 0.3) is 0 Å². The van der Waals surface area contributed by atoms with Crippen LogP contribution in [-0.2, 0) is 6.54 Å². The van der Waals surface area contributed by atoms with Crippen molar-refractivity contribution in [3.8, 4) is 0 Å². The van der Waals surface area contributed by atoms with Crippen LogP contribution >= 0.6 is 15.9 Å². The topological polar surface area (TPSA) is 17.0 Å². The van der Waals surface area contributed by atoms with Gasteiger partial charge in [-0.05, 0) is 47.7 Å². The molecule has 3 heteroatoms. The van der Waals surface area contributed by atoms with E-state index < -0.39 is 0 Å². The number of hydrogen-bond donors (Lipinski definition) is 1. The molecule has 0 bridgehead atoms. The van der Waals surface area contributed by atoms with Crippen LogP contribution in [0.2, 0.25) is 0 Å². The van der Waals surface area contributed by atoms with Crippen molar-refractivity contribution in [2.24, 2.45) is 5.92 Å². The van der Waals surface area contributed by atoms with Crippen LogP contribution in [0.4, 0.5) is 0 Å². The minimum Gasteiger partial charge on any atom is -0.345 e. The van der Waals surface area contributed by atoms with Gasteiger partial charge in [-0.15, -0.1) is 0 Å². The number of fused-ring (bicyclic) bond motifs is 1. The zero-order chi connectivity index (χ0) is 12.5. The number of rotatable bonds is 5. The van der Waals surface area contributed by atoms with E-state index in [0.29, 0.717) is 6.04 Å². The van der Waals surface area contributed by atoms with Gasteiger partial charge in [0.1, 0.15) is 0 Å². The van der Waals surface area contributed by atoms with Crippen molar-refractivity contribution in [3.05, 3.63) is 34.9 Å². The van der Waals surface area contributed by atoms with Crippen LogP contribution < -0.4 is 5.32 Å². The van der Waals surface area contributed by atoms with Crippen molar-refractivity contribution in [3.63, 3.8) is 0 Å². The summed E-state index contributed by atoms with van der Waals surface area (Å²) in [5, 5.41) is 4.93. The van der Waals surface area contributed by atoms with E-state index in [9.17, 15) is 0 Å². The van der Waals surface area contributed by atoms with Crippen LogP contribution in [-0.4, -0.2) is 17.2 Å². The first-order valence-electron chi connectivity index (χ1n) is 6.72. The number of para-hydroxylation sites is 1. The summed E-state index contributed by atoms with van der Waals surface area (Å²) in [4.78, 5) is 0. The van der Waals surface area contributed by atoms with Crippen molar-refractivity contribution in [1.29, 1.82) is 0 Å². The van der Waals surface area contributed by atoms with Crippen molar-refractivity contribution in [1.82, 2.24) is 9.88 Å². The van der Waals surface area contributed by atoms with E-state index in [-0.39, 0.29) is 0 Å². The number of aromatic nitrogens is 1. The van der Waals surface area contributed by atoms with Gasteiger partial charge in [0, 0.05) is 40.7 Å². The maximum atomic E-state index is 3.63. The second-order valence-corrected chi connectivity index (χ2v) is 6.12. The van der Waals surface area contributed by atoms with E-state index in [4.69, 9.17) is 0 Å². The number of nitrogens with zero attached hydrogens (tertiary/aromatic N) is 1. The van der Waals surface area contributed by atoms with Gasteiger partial charge in [0.15, 0.2) is 0 Å². The fourth-order valence-corrected chi connectivity index (χ4v) is 3.14. The van der Waals surface area contributed by atoms with Crippen LogP contribution in [0.1, 0.15) is 19.8 Å². The first-order valence-corrected chi connectivity index (χ1v) is 7.52. The summed E-state index contributed by atoms with van der Waals surface area (Å²) in [6, 6.07) is 9.21. The molecule has 18 heavy (non-hydrogen) atoms. The lowest BCUT2D eigenvalue weighted by atomic mass is 10.2. The van der Waals surface area contributed by atoms with E-state index in [2.05, 4.69) is 63.2 Å². The number of benzene rings is 1. The quantitative estimate of drug-likeness (QED) is 0.889. The molecule has 0 amide bonds. The molecule has 1 heterocycles. The Kier molecular flexibility index (Phi) is 3.44. The third-order valence-electron chi connectivity index (χ3n) is 3.89. The van der Waals surface area contributed by atoms with Crippen molar-refractivity contribution < 1.29 is 0 Å². The highest BCUT2D eigenvalue weighted by Gasteiger charge is 2.27. The molecule has 0 aliphatic heterocycles. The summed E-state index contributed by atoms with van der Waals surface area (Å²) in [6.07, 6.45) is 5.01. The van der Waals surface area contributed by atoms with Crippen molar-refractivity contribution in [2.75, 3.05) is 6.54 Å². The second-order valence-electron chi connectivity index (χ2n) is 5.27. The molecule has 1 aromatic carbocycles. The number of nitrogens with one attached hydrogen (secondary N) is 1. The molecular weight excluding hydrogens is 288 g/mol. The molecular formula is C15H19BrN2. The largest absolute Gasteiger partial charge is 0.345 e. The Morgan fingerprint density at radius 1 is 1.39 bits per heavy atom. The van der Waals surface area contributed by atoms with E-state index in [0.717, 1.165) is 19.0 Å². The van der Waals surface area contributed by atoms with Gasteiger partial charge in [-0.2, -0.15) is 0 Å². The molecule has 0 radical (unpaired) electrons. The van der Waals surface area contributed by atoms with Gasteiger partial charge in [-0.1, -0.05) is 18.2 Å². The van der Waals surface area contributed by atoms with E-state index in [1.165, 1.54) is 28.2 Å². The Labute approximate surface area is 116 Å². The molecule has 0 saturated heterocycles. The molecule has 0 spiro atoms. The Hall–Kier alpha value is -0.800. The van der Waals surface area contributed by atoms with Crippen LogP contribution in [0, 0.1) is 5.92 Å². The fourth-order valence-electron chi connectivity index (χ4n) is 2.56. The summed E-state index contributed by atoms with van der Waals surface area (Å²) < 4.78 is 3.51. The van der Waals surface area contributed by atoms with Gasteiger partial charge < -0.3 is 9.88 Å². The maximum absolute atomic E-state index is 3.63. The first-order chi connectivity index (χ1) is 8.75. The average molecular weight is 307 g/mol. The minimum absolute atomic E-state index is 0.676. The molecule has 1 aromatic heterocycles. The van der Waals surface area contributed by atoms with Crippen LogP contribution in [0.15, 0.2) is 34.9 Å². The standard InChI is InChI=1S/C15H19BrN2/c1-11(12-6-7-12)17-8-9-18-10-14(16)13-4-2-3-5-15(13)18/h2-5,10-12,17H,6-9H2,1H3. The number of hydrogen-bond acceptors (Lipinski definition) is 1. The third-order valence-corrected chi connectivity index (χ3v) is 4.52. The highest BCUT2D eigenvalue weighted by Crippen LogP contribution is 2.32. The van der Waals surface area contributed by atoms with Crippen molar-refractivity contribution in [2.45, 2.75) is 32.4 Å². The van der Waals surface area contributed by atoms with Crippen molar-refractivity contribution >= 4 is 26.8 Å². The SMILES string of the molecule is CC(NCCn1cc(Br)c2ccccc21)C1CC1. The molecule has 1 aliphatic rings. The van der Waals surface area contributed by atoms with Crippen LogP contribution in [0.3, 0.4) is 0 Å². The lowest BCUT2D eigenvalue weighted by Gasteiger charge is -2.13. The first kappa shape index (κ1) is 12.2. The van der Waals surface area contributed by atoms with E-state index in [1.54, 1.807) is 0 Å². The Balaban J connectivity index is 1.67. The monoisotopic (exact) mass is 306 g/mol. The summed E-state index contributed by atoms with van der Waals surface area (Å²) in [5.74, 6) is 0.929. The molecule has 1 fully saturated rings. The summed E-state index contributed by atoms with van der Waals surface area (Å²) in [7, 11) is 0. The molecule has 3 rings (SSSR count). The lowest BCUT2D eigenvalue weighted by Crippen LogP contribution is -2.30. The second kappa shape index (κ2) is 5.06. The Morgan fingerprint density at radius 2 is 2.17 bits per heavy atom. The van der Waals surface area contributed by atoms with Gasteiger partial charge in [0.05, 0.1) is 0 Å². The minimum atomic E-state index is 0.676. The third kappa shape index (κ3) is 2.47. The summed E-state index contributed by atoms with van der Waals surface area (Å²) >= 11 is 3.63. The molecule has 96 valence electrons. The smallest absolute Gasteiger partial charge is 0.0492 e. The van der Waals surface area contributed by atoms with Gasteiger partial charge in [-0.25, -0.2) is 0 Å². The zero-order valence-electron chi connectivity index (χ0n) is 10.7. The van der Waals surface area contributed by atoms with Gasteiger partial charge in [-0.3, -0.25) is 0 Å². The Bertz CT molecular complexity index is 542. The summed E-state index contributed by atoms with van der Waals surface area (Å²) in [6.45, 7) is 4.38. The van der Waals surface area contributed by atoms with E-state index >= 15 is 0 Å². The predicted octanol–water partition coefficient (Wildman–Crippen LogP) is 3.79.